The predicted octanol–water partition coefficient (Wildman–Crippen LogP) is 5.27. The number of carboxylic acid groups (broad SMARTS) is 1. The number of hydrogen-bond acceptors (Lipinski definition) is 5. The lowest BCUT2D eigenvalue weighted by Gasteiger charge is -2.13. The standard InChI is InChI=1S/C23H22F2N2O4S/c1-14(19-9-10-20(32-19)22(30)26-12-11-21(28)29)31-17-7-8-18(27-13-17)15-3-5-16(6-4-15)23(2,24)25/h3-10,13-14H,11-12H2,1-2H3,(H,26,30)(H,28,29). The molecule has 2 aromatic heterocycles. The van der Waals surface area contributed by atoms with Crippen molar-refractivity contribution in [3.8, 4) is 17.0 Å². The van der Waals surface area contributed by atoms with Gasteiger partial charge in [-0.2, -0.15) is 0 Å². The number of alkyl halides is 2. The third-order valence-corrected chi connectivity index (χ3v) is 5.86. The fraction of sp³-hybridized carbons (Fsp3) is 0.261. The lowest BCUT2D eigenvalue weighted by Crippen LogP contribution is -2.25. The number of ether oxygens (including phenoxy) is 1. The van der Waals surface area contributed by atoms with Gasteiger partial charge in [0.25, 0.3) is 11.8 Å². The van der Waals surface area contributed by atoms with Gasteiger partial charge in [-0.05, 0) is 31.2 Å². The van der Waals surface area contributed by atoms with Gasteiger partial charge in [-0.3, -0.25) is 14.6 Å². The Bertz CT molecular complexity index is 1080. The summed E-state index contributed by atoms with van der Waals surface area (Å²) >= 11 is 1.26. The summed E-state index contributed by atoms with van der Waals surface area (Å²) in [6.45, 7) is 2.76. The van der Waals surface area contributed by atoms with Gasteiger partial charge in [-0.1, -0.05) is 24.3 Å². The molecule has 3 aromatic rings. The van der Waals surface area contributed by atoms with Crippen LogP contribution in [0.5, 0.6) is 5.75 Å². The molecule has 32 heavy (non-hydrogen) atoms. The largest absolute Gasteiger partial charge is 0.484 e. The van der Waals surface area contributed by atoms with Crippen LogP contribution in [0.15, 0.2) is 54.7 Å². The van der Waals surface area contributed by atoms with E-state index in [1.807, 2.05) is 6.92 Å². The van der Waals surface area contributed by atoms with Crippen molar-refractivity contribution in [1.29, 1.82) is 0 Å². The fourth-order valence-corrected chi connectivity index (χ4v) is 3.79. The number of aromatic nitrogens is 1. The van der Waals surface area contributed by atoms with Crippen LogP contribution in [0.3, 0.4) is 0 Å². The molecule has 1 aromatic carbocycles. The van der Waals surface area contributed by atoms with Crippen molar-refractivity contribution in [2.45, 2.75) is 32.3 Å². The minimum Gasteiger partial charge on any atom is -0.484 e. The Balaban J connectivity index is 1.60. The molecule has 3 rings (SSSR count). The number of amides is 1. The minimum absolute atomic E-state index is 0.0547. The predicted molar refractivity (Wildman–Crippen MR) is 117 cm³/mol. The summed E-state index contributed by atoms with van der Waals surface area (Å²) in [4.78, 5) is 28.3. The molecule has 0 aliphatic carbocycles. The number of carboxylic acids is 1. The van der Waals surface area contributed by atoms with Crippen LogP contribution in [0.1, 0.15) is 46.5 Å². The van der Waals surface area contributed by atoms with Crippen molar-refractivity contribution < 1.29 is 28.2 Å². The molecule has 1 atom stereocenters. The Kier molecular flexibility index (Phi) is 7.19. The van der Waals surface area contributed by atoms with Gasteiger partial charge in [0.2, 0.25) is 0 Å². The average Bonchev–Trinajstić information content (AvgIpc) is 3.24. The molecular formula is C23H22F2N2O4S. The van der Waals surface area contributed by atoms with Gasteiger partial charge in [0.15, 0.2) is 0 Å². The van der Waals surface area contributed by atoms with E-state index in [2.05, 4.69) is 10.3 Å². The number of rotatable bonds is 9. The summed E-state index contributed by atoms with van der Waals surface area (Å²) < 4.78 is 32.6. The number of hydrogen-bond donors (Lipinski definition) is 2. The van der Waals surface area contributed by atoms with Gasteiger partial charge in [0.1, 0.15) is 11.9 Å². The Hall–Kier alpha value is -3.33. The lowest BCUT2D eigenvalue weighted by atomic mass is 10.1. The zero-order chi connectivity index (χ0) is 23.3. The van der Waals surface area contributed by atoms with E-state index in [1.165, 1.54) is 23.5 Å². The van der Waals surface area contributed by atoms with Gasteiger partial charge in [-0.15, -0.1) is 11.3 Å². The van der Waals surface area contributed by atoms with Crippen LogP contribution in [0, 0.1) is 0 Å². The number of pyridine rings is 1. The third-order valence-electron chi connectivity index (χ3n) is 4.61. The molecule has 0 bridgehead atoms. The molecular weight excluding hydrogens is 438 g/mol. The van der Waals surface area contributed by atoms with Gasteiger partial charge in [0, 0.05) is 29.5 Å². The monoisotopic (exact) mass is 460 g/mol. The van der Waals surface area contributed by atoms with E-state index in [0.29, 0.717) is 16.3 Å². The highest BCUT2D eigenvalue weighted by Crippen LogP contribution is 2.30. The summed E-state index contributed by atoms with van der Waals surface area (Å²) in [5, 5.41) is 11.2. The number of halogens is 2. The zero-order valence-electron chi connectivity index (χ0n) is 17.5. The third kappa shape index (κ3) is 6.10. The van der Waals surface area contributed by atoms with Gasteiger partial charge in [0.05, 0.1) is 23.2 Å². The van der Waals surface area contributed by atoms with Crippen LogP contribution in [0.25, 0.3) is 11.3 Å². The molecule has 0 aliphatic rings. The van der Waals surface area contributed by atoms with E-state index >= 15 is 0 Å². The summed E-state index contributed by atoms with van der Waals surface area (Å²) in [6, 6.07) is 12.9. The van der Waals surface area contributed by atoms with Crippen molar-refractivity contribution in [3.05, 3.63) is 70.0 Å². The summed E-state index contributed by atoms with van der Waals surface area (Å²) in [5.74, 6) is -3.66. The SMILES string of the molecule is CC(Oc1ccc(-c2ccc(C(C)(F)F)cc2)nc1)c1ccc(C(=O)NCCC(=O)O)s1. The minimum atomic E-state index is -2.89. The molecule has 1 unspecified atom stereocenters. The molecule has 1 amide bonds. The second-order valence-electron chi connectivity index (χ2n) is 7.21. The van der Waals surface area contributed by atoms with Gasteiger partial charge in [-0.25, -0.2) is 8.78 Å². The Morgan fingerprint density at radius 3 is 2.47 bits per heavy atom. The van der Waals surface area contributed by atoms with E-state index < -0.39 is 11.9 Å². The van der Waals surface area contributed by atoms with Crippen LogP contribution >= 0.6 is 11.3 Å². The highest BCUT2D eigenvalue weighted by atomic mass is 32.1. The van der Waals surface area contributed by atoms with E-state index in [-0.39, 0.29) is 30.5 Å². The molecule has 6 nitrogen and oxygen atoms in total. The Labute approximate surface area is 187 Å². The number of nitrogens with one attached hydrogen (secondary N) is 1. The Morgan fingerprint density at radius 1 is 1.16 bits per heavy atom. The van der Waals surface area contributed by atoms with Gasteiger partial charge < -0.3 is 15.2 Å². The summed E-state index contributed by atoms with van der Waals surface area (Å²) in [6.07, 6.45) is 1.09. The van der Waals surface area contributed by atoms with Crippen molar-refractivity contribution >= 4 is 23.2 Å². The normalized spacial score (nSPS) is 12.2. The maximum absolute atomic E-state index is 13.4. The van der Waals surface area contributed by atoms with Gasteiger partial charge >= 0.3 is 5.97 Å². The molecule has 0 fully saturated rings. The van der Waals surface area contributed by atoms with Crippen LogP contribution < -0.4 is 10.1 Å². The second-order valence-corrected chi connectivity index (χ2v) is 8.32. The van der Waals surface area contributed by atoms with Crippen LogP contribution in [0.2, 0.25) is 0 Å². The maximum atomic E-state index is 13.4. The quantitative estimate of drug-likeness (QED) is 0.454. The molecule has 0 spiro atoms. The molecule has 0 aliphatic heterocycles. The molecule has 0 radical (unpaired) electrons. The Morgan fingerprint density at radius 2 is 1.88 bits per heavy atom. The van der Waals surface area contributed by atoms with Crippen LogP contribution in [-0.4, -0.2) is 28.5 Å². The van der Waals surface area contributed by atoms with E-state index in [4.69, 9.17) is 9.84 Å². The summed E-state index contributed by atoms with van der Waals surface area (Å²) in [5.41, 5.74) is 1.29. The molecule has 9 heteroatoms. The first-order valence-corrected chi connectivity index (χ1v) is 10.7. The average molecular weight is 461 g/mol. The number of thiophene rings is 1. The number of aliphatic carboxylic acids is 1. The molecule has 0 saturated carbocycles. The highest BCUT2D eigenvalue weighted by molar-refractivity contribution is 7.14. The number of benzene rings is 1. The highest BCUT2D eigenvalue weighted by Gasteiger charge is 2.23. The van der Waals surface area contributed by atoms with Crippen molar-refractivity contribution in [1.82, 2.24) is 10.3 Å². The lowest BCUT2D eigenvalue weighted by molar-refractivity contribution is -0.136. The first-order chi connectivity index (χ1) is 15.1. The maximum Gasteiger partial charge on any atom is 0.305 e. The van der Waals surface area contributed by atoms with Crippen LogP contribution in [-0.2, 0) is 10.7 Å². The van der Waals surface area contributed by atoms with Crippen molar-refractivity contribution in [2.24, 2.45) is 0 Å². The second kappa shape index (κ2) is 9.86. The molecule has 168 valence electrons. The first-order valence-electron chi connectivity index (χ1n) is 9.84. The summed E-state index contributed by atoms with van der Waals surface area (Å²) in [7, 11) is 0. The fourth-order valence-electron chi connectivity index (χ4n) is 2.88. The number of nitrogens with zero attached hydrogens (tertiary/aromatic N) is 1. The van der Waals surface area contributed by atoms with Crippen molar-refractivity contribution in [2.75, 3.05) is 6.54 Å². The first kappa shape index (κ1) is 23.3. The molecule has 2 heterocycles. The number of carbonyl (C=O) groups excluding carboxylic acids is 1. The number of carbonyl (C=O) groups is 2. The zero-order valence-corrected chi connectivity index (χ0v) is 18.3. The molecule has 2 N–H and O–H groups in total. The van der Waals surface area contributed by atoms with E-state index in [0.717, 1.165) is 17.4 Å². The smallest absolute Gasteiger partial charge is 0.305 e. The molecule has 0 saturated heterocycles. The van der Waals surface area contributed by atoms with Crippen LogP contribution in [0.4, 0.5) is 8.78 Å². The van der Waals surface area contributed by atoms with Crippen molar-refractivity contribution in [3.63, 3.8) is 0 Å². The van der Waals surface area contributed by atoms with E-state index in [9.17, 15) is 18.4 Å². The topological polar surface area (TPSA) is 88.5 Å². The van der Waals surface area contributed by atoms with E-state index in [1.54, 1.807) is 42.6 Å².